The van der Waals surface area contributed by atoms with Crippen LogP contribution in [0.2, 0.25) is 0 Å². The van der Waals surface area contributed by atoms with Crippen LogP contribution in [0.1, 0.15) is 28.4 Å². The van der Waals surface area contributed by atoms with Crippen molar-refractivity contribution in [3.05, 3.63) is 44.9 Å². The van der Waals surface area contributed by atoms with Gasteiger partial charge < -0.3 is 15.0 Å². The minimum atomic E-state index is -0.367. The second-order valence-corrected chi connectivity index (χ2v) is 6.35. The first-order valence-electron chi connectivity index (χ1n) is 7.04. The number of esters is 1. The normalized spacial score (nSPS) is 16.7. The Kier molecular flexibility index (Phi) is 4.38. The summed E-state index contributed by atoms with van der Waals surface area (Å²) in [6.07, 6.45) is 0.150. The van der Waals surface area contributed by atoms with E-state index < -0.39 is 0 Å². The second kappa shape index (κ2) is 6.31. The standard InChI is InChI=1S/C16H14FIN2O3/c1-23-11(21)6-8-7-19-16(22)12-13(18)15(20-14(8)12)9-4-2-3-5-10(9)17/h2-5,8,20H,6-7H2,1H3,(H,19,22). The average Bonchev–Trinajstić information content (AvgIpc) is 2.89. The van der Waals surface area contributed by atoms with Gasteiger partial charge in [0.2, 0.25) is 0 Å². The van der Waals surface area contributed by atoms with Crippen molar-refractivity contribution in [1.29, 1.82) is 0 Å². The van der Waals surface area contributed by atoms with Gasteiger partial charge in [0.05, 0.1) is 28.4 Å². The fourth-order valence-corrected chi connectivity index (χ4v) is 3.70. The second-order valence-electron chi connectivity index (χ2n) is 5.27. The Morgan fingerprint density at radius 3 is 2.87 bits per heavy atom. The zero-order valence-corrected chi connectivity index (χ0v) is 14.4. The predicted molar refractivity (Wildman–Crippen MR) is 90.6 cm³/mol. The van der Waals surface area contributed by atoms with Crippen molar-refractivity contribution in [3.63, 3.8) is 0 Å². The molecular weight excluding hydrogens is 414 g/mol. The van der Waals surface area contributed by atoms with Crippen molar-refractivity contribution < 1.29 is 18.7 Å². The van der Waals surface area contributed by atoms with Crippen molar-refractivity contribution >= 4 is 34.5 Å². The van der Waals surface area contributed by atoms with E-state index in [2.05, 4.69) is 10.3 Å². The number of hydrogen-bond acceptors (Lipinski definition) is 3. The molecule has 2 heterocycles. The molecule has 2 N–H and O–H groups in total. The van der Waals surface area contributed by atoms with Crippen LogP contribution in [0.4, 0.5) is 4.39 Å². The van der Waals surface area contributed by atoms with Crippen LogP contribution in [-0.2, 0) is 9.53 Å². The van der Waals surface area contributed by atoms with Crippen molar-refractivity contribution in [2.75, 3.05) is 13.7 Å². The van der Waals surface area contributed by atoms with Gasteiger partial charge in [-0.25, -0.2) is 4.39 Å². The zero-order chi connectivity index (χ0) is 16.6. The molecule has 5 nitrogen and oxygen atoms in total. The Balaban J connectivity index is 2.10. The lowest BCUT2D eigenvalue weighted by Gasteiger charge is -2.22. The Hall–Kier alpha value is -1.90. The van der Waals surface area contributed by atoms with Gasteiger partial charge in [0.25, 0.3) is 5.91 Å². The molecule has 23 heavy (non-hydrogen) atoms. The van der Waals surface area contributed by atoms with E-state index in [-0.39, 0.29) is 30.0 Å². The summed E-state index contributed by atoms with van der Waals surface area (Å²) in [5, 5.41) is 2.77. The van der Waals surface area contributed by atoms with Crippen LogP contribution < -0.4 is 5.32 Å². The van der Waals surface area contributed by atoms with E-state index in [1.807, 2.05) is 22.6 Å². The molecule has 1 amide bonds. The third-order valence-electron chi connectivity index (χ3n) is 3.90. The molecule has 1 atom stereocenters. The van der Waals surface area contributed by atoms with Crippen molar-refractivity contribution in [2.24, 2.45) is 0 Å². The fourth-order valence-electron chi connectivity index (χ4n) is 2.74. The number of rotatable bonds is 3. The molecule has 0 radical (unpaired) electrons. The summed E-state index contributed by atoms with van der Waals surface area (Å²) in [6, 6.07) is 6.38. The number of H-pyrrole nitrogens is 1. The van der Waals surface area contributed by atoms with Crippen LogP contribution in [0, 0.1) is 9.39 Å². The number of carbonyl (C=O) groups is 2. The van der Waals surface area contributed by atoms with E-state index in [0.29, 0.717) is 32.6 Å². The van der Waals surface area contributed by atoms with Gasteiger partial charge in [-0.15, -0.1) is 0 Å². The number of halogens is 2. The van der Waals surface area contributed by atoms with E-state index in [1.165, 1.54) is 13.2 Å². The minimum Gasteiger partial charge on any atom is -0.469 e. The van der Waals surface area contributed by atoms with Crippen molar-refractivity contribution in [1.82, 2.24) is 10.3 Å². The lowest BCUT2D eigenvalue weighted by Crippen LogP contribution is -2.36. The molecule has 0 saturated heterocycles. The summed E-state index contributed by atoms with van der Waals surface area (Å²) in [6.45, 7) is 0.342. The lowest BCUT2D eigenvalue weighted by molar-refractivity contribution is -0.141. The van der Waals surface area contributed by atoms with E-state index >= 15 is 0 Å². The van der Waals surface area contributed by atoms with Gasteiger partial charge in [-0.1, -0.05) is 12.1 Å². The molecule has 0 fully saturated rings. The number of aromatic amines is 1. The maximum atomic E-state index is 14.1. The highest BCUT2D eigenvalue weighted by Crippen LogP contribution is 2.36. The van der Waals surface area contributed by atoms with Crippen molar-refractivity contribution in [2.45, 2.75) is 12.3 Å². The predicted octanol–water partition coefficient (Wildman–Crippen LogP) is 2.82. The van der Waals surface area contributed by atoms with Gasteiger partial charge in [-0.05, 0) is 34.7 Å². The molecule has 1 aliphatic rings. The molecule has 0 aliphatic carbocycles. The van der Waals surface area contributed by atoms with E-state index in [0.717, 1.165) is 0 Å². The largest absolute Gasteiger partial charge is 0.469 e. The molecule has 7 heteroatoms. The lowest BCUT2D eigenvalue weighted by atomic mass is 9.94. The van der Waals surface area contributed by atoms with Crippen LogP contribution >= 0.6 is 22.6 Å². The number of aromatic nitrogens is 1. The van der Waals surface area contributed by atoms with Gasteiger partial charge in [-0.2, -0.15) is 0 Å². The molecule has 1 aromatic carbocycles. The van der Waals surface area contributed by atoms with Gasteiger partial charge in [0.15, 0.2) is 0 Å². The summed E-state index contributed by atoms with van der Waals surface area (Å²) in [4.78, 5) is 26.9. The van der Waals surface area contributed by atoms with Gasteiger partial charge >= 0.3 is 5.97 Å². The molecule has 1 aromatic heterocycles. The zero-order valence-electron chi connectivity index (χ0n) is 12.3. The summed E-state index contributed by atoms with van der Waals surface area (Å²) < 4.78 is 19.4. The van der Waals surface area contributed by atoms with E-state index in [9.17, 15) is 14.0 Å². The summed E-state index contributed by atoms with van der Waals surface area (Å²) in [5.74, 6) is -1.16. The monoisotopic (exact) mass is 428 g/mol. The van der Waals surface area contributed by atoms with Crippen LogP contribution in [0.5, 0.6) is 0 Å². The number of methoxy groups -OCH3 is 1. The quantitative estimate of drug-likeness (QED) is 0.584. The number of nitrogens with one attached hydrogen (secondary N) is 2. The van der Waals surface area contributed by atoms with Crippen LogP contribution in [0.3, 0.4) is 0 Å². The first kappa shape index (κ1) is 16.0. The molecule has 3 rings (SSSR count). The molecule has 0 saturated carbocycles. The highest BCUT2D eigenvalue weighted by molar-refractivity contribution is 14.1. The maximum absolute atomic E-state index is 14.1. The Morgan fingerprint density at radius 1 is 1.43 bits per heavy atom. The summed E-state index contributed by atoms with van der Waals surface area (Å²) in [5.41, 5.74) is 2.09. The van der Waals surface area contributed by atoms with E-state index in [4.69, 9.17) is 4.74 Å². The number of carbonyl (C=O) groups excluding carboxylic acids is 2. The van der Waals surface area contributed by atoms with Crippen molar-refractivity contribution in [3.8, 4) is 11.3 Å². The molecule has 0 bridgehead atoms. The van der Waals surface area contributed by atoms with Gasteiger partial charge in [-0.3, -0.25) is 9.59 Å². The Bertz CT molecular complexity index is 788. The Morgan fingerprint density at radius 2 is 2.17 bits per heavy atom. The third kappa shape index (κ3) is 2.85. The average molecular weight is 428 g/mol. The SMILES string of the molecule is COC(=O)CC1CNC(=O)c2c1[nH]c(-c1ccccc1F)c2I. The van der Waals surface area contributed by atoms with Gasteiger partial charge in [0, 0.05) is 23.7 Å². The minimum absolute atomic E-state index is 0.150. The van der Waals surface area contributed by atoms with Gasteiger partial charge in [0.1, 0.15) is 5.82 Å². The number of fused-ring (bicyclic) bond motifs is 1. The van der Waals surface area contributed by atoms with Crippen LogP contribution in [-0.4, -0.2) is 30.5 Å². The first-order valence-corrected chi connectivity index (χ1v) is 8.12. The summed E-state index contributed by atoms with van der Waals surface area (Å²) in [7, 11) is 1.33. The highest BCUT2D eigenvalue weighted by Gasteiger charge is 2.33. The van der Waals surface area contributed by atoms with Crippen LogP contribution in [0.25, 0.3) is 11.3 Å². The Labute approximate surface area is 145 Å². The molecule has 0 spiro atoms. The highest BCUT2D eigenvalue weighted by atomic mass is 127. The third-order valence-corrected chi connectivity index (χ3v) is 4.97. The molecule has 120 valence electrons. The molecule has 1 aliphatic heterocycles. The summed E-state index contributed by atoms with van der Waals surface area (Å²) >= 11 is 2.03. The molecule has 2 aromatic rings. The van der Waals surface area contributed by atoms with Crippen LogP contribution in [0.15, 0.2) is 24.3 Å². The molecule has 1 unspecified atom stereocenters. The topological polar surface area (TPSA) is 71.2 Å². The van der Waals surface area contributed by atoms with E-state index in [1.54, 1.807) is 18.2 Å². The number of benzene rings is 1. The smallest absolute Gasteiger partial charge is 0.306 e. The number of hydrogen-bond donors (Lipinski definition) is 2. The molecular formula is C16H14FIN2O3. The first-order chi connectivity index (χ1) is 11.0. The fraction of sp³-hybridized carbons (Fsp3) is 0.250. The maximum Gasteiger partial charge on any atom is 0.306 e. The number of ether oxygens (including phenoxy) is 1. The number of amides is 1.